The minimum Gasteiger partial charge on any atom is -0.352 e. The second-order valence-electron chi connectivity index (χ2n) is 8.83. The molecule has 2 aromatic heterocycles. The van der Waals surface area contributed by atoms with Gasteiger partial charge in [-0.25, -0.2) is 0 Å². The van der Waals surface area contributed by atoms with E-state index in [-0.39, 0.29) is 17.9 Å². The van der Waals surface area contributed by atoms with Gasteiger partial charge in [-0.3, -0.25) is 9.59 Å². The van der Waals surface area contributed by atoms with E-state index in [0.717, 1.165) is 22.3 Å². The van der Waals surface area contributed by atoms with Crippen LogP contribution in [0.5, 0.6) is 0 Å². The largest absolute Gasteiger partial charge is 0.352 e. The molecule has 0 aliphatic carbocycles. The first-order valence-corrected chi connectivity index (χ1v) is 11.9. The highest BCUT2D eigenvalue weighted by Crippen LogP contribution is 2.18. The van der Waals surface area contributed by atoms with Crippen LogP contribution in [0, 0.1) is 13.8 Å². The molecule has 0 unspecified atom stereocenters. The van der Waals surface area contributed by atoms with E-state index in [4.69, 9.17) is 4.98 Å². The van der Waals surface area contributed by atoms with Gasteiger partial charge in [-0.2, -0.15) is 9.50 Å². The molecule has 0 aliphatic rings. The van der Waals surface area contributed by atoms with Crippen LogP contribution in [0.2, 0.25) is 0 Å². The average Bonchev–Trinajstić information content (AvgIpc) is 3.35. The van der Waals surface area contributed by atoms with Crippen LogP contribution >= 0.6 is 0 Å². The summed E-state index contributed by atoms with van der Waals surface area (Å²) in [5, 5.41) is 7.50. The van der Waals surface area contributed by atoms with Crippen molar-refractivity contribution in [3.05, 3.63) is 123 Å². The smallest absolute Gasteiger partial charge is 0.279 e. The number of nitrogens with zero attached hydrogens (tertiary/aromatic N) is 4. The van der Waals surface area contributed by atoms with Crippen molar-refractivity contribution in [2.75, 3.05) is 0 Å². The zero-order valence-electron chi connectivity index (χ0n) is 20.3. The van der Waals surface area contributed by atoms with E-state index >= 15 is 0 Å². The third kappa shape index (κ3) is 4.68. The number of hydrogen-bond donors (Lipinski definition) is 1. The zero-order chi connectivity index (χ0) is 25.1. The monoisotopic (exact) mass is 477 g/mol. The molecule has 0 radical (unpaired) electrons. The molecule has 1 N–H and O–H groups in total. The lowest BCUT2D eigenvalue weighted by molar-refractivity contribution is -0.120. The number of benzene rings is 3. The lowest BCUT2D eigenvalue weighted by atomic mass is 10.1. The summed E-state index contributed by atoms with van der Waals surface area (Å²) in [7, 11) is 0. The molecule has 180 valence electrons. The summed E-state index contributed by atoms with van der Waals surface area (Å²) in [6.45, 7) is 4.79. The summed E-state index contributed by atoms with van der Waals surface area (Å²) >= 11 is 0. The number of rotatable bonds is 7. The summed E-state index contributed by atoms with van der Waals surface area (Å²) in [6, 6.07) is 27.4. The predicted molar refractivity (Wildman–Crippen MR) is 140 cm³/mol. The predicted octanol–water partition coefficient (Wildman–Crippen LogP) is 4.08. The van der Waals surface area contributed by atoms with Crippen molar-refractivity contribution < 1.29 is 4.79 Å². The molecule has 0 fully saturated rings. The number of fused-ring (bicyclic) bond motifs is 1. The maximum absolute atomic E-state index is 13.5. The fraction of sp³-hybridized carbons (Fsp3) is 0.172. The third-order valence-corrected chi connectivity index (χ3v) is 6.41. The molecule has 5 aromatic rings. The van der Waals surface area contributed by atoms with Gasteiger partial charge in [-0.1, -0.05) is 84.9 Å². The average molecular weight is 478 g/mol. The van der Waals surface area contributed by atoms with Gasteiger partial charge >= 0.3 is 0 Å². The first kappa shape index (κ1) is 23.2. The quantitative estimate of drug-likeness (QED) is 0.383. The Morgan fingerprint density at radius 1 is 0.889 bits per heavy atom. The van der Waals surface area contributed by atoms with Crippen molar-refractivity contribution in [3.63, 3.8) is 0 Å². The van der Waals surface area contributed by atoms with Gasteiger partial charge in [0.15, 0.2) is 5.82 Å². The summed E-state index contributed by atoms with van der Waals surface area (Å²) in [5.41, 5.74) is 4.82. The molecule has 3 aromatic carbocycles. The Kier molecular flexibility index (Phi) is 6.45. The Balaban J connectivity index is 1.54. The molecular weight excluding hydrogens is 450 g/mol. The first-order valence-electron chi connectivity index (χ1n) is 11.9. The van der Waals surface area contributed by atoms with Crippen molar-refractivity contribution in [2.24, 2.45) is 0 Å². The van der Waals surface area contributed by atoms with Crippen LogP contribution in [-0.2, 0) is 24.3 Å². The normalized spacial score (nSPS) is 11.1. The van der Waals surface area contributed by atoms with E-state index in [1.54, 1.807) is 0 Å². The van der Waals surface area contributed by atoms with E-state index in [9.17, 15) is 9.59 Å². The van der Waals surface area contributed by atoms with Crippen LogP contribution in [0.25, 0.3) is 17.2 Å². The van der Waals surface area contributed by atoms with Crippen LogP contribution in [0.15, 0.2) is 89.7 Å². The van der Waals surface area contributed by atoms with Gasteiger partial charge in [0.2, 0.25) is 11.7 Å². The lowest BCUT2D eigenvalue weighted by Crippen LogP contribution is -2.32. The number of aryl methyl sites for hydroxylation is 1. The Morgan fingerprint density at radius 2 is 1.56 bits per heavy atom. The van der Waals surface area contributed by atoms with Gasteiger partial charge in [-0.15, -0.1) is 5.10 Å². The van der Waals surface area contributed by atoms with Crippen LogP contribution in [0.3, 0.4) is 0 Å². The first-order chi connectivity index (χ1) is 17.5. The molecule has 0 atom stereocenters. The van der Waals surface area contributed by atoms with E-state index in [1.807, 2.05) is 103 Å². The van der Waals surface area contributed by atoms with Crippen molar-refractivity contribution in [3.8, 4) is 11.4 Å². The highest BCUT2D eigenvalue weighted by atomic mass is 16.2. The fourth-order valence-electron chi connectivity index (χ4n) is 4.30. The van der Waals surface area contributed by atoms with Crippen molar-refractivity contribution in [1.29, 1.82) is 0 Å². The minimum atomic E-state index is -0.326. The Labute approximate surface area is 209 Å². The summed E-state index contributed by atoms with van der Waals surface area (Å²) < 4.78 is 3.28. The lowest BCUT2D eigenvalue weighted by Gasteiger charge is -2.16. The maximum atomic E-state index is 13.5. The Hall–Kier alpha value is -4.52. The second-order valence-corrected chi connectivity index (χ2v) is 8.83. The summed E-state index contributed by atoms with van der Waals surface area (Å²) in [6.07, 6.45) is -0.0399. The number of amides is 1. The van der Waals surface area contributed by atoms with Gasteiger partial charge in [0.1, 0.15) is 0 Å². The topological polar surface area (TPSA) is 81.3 Å². The third-order valence-electron chi connectivity index (χ3n) is 6.41. The zero-order valence-corrected chi connectivity index (χ0v) is 20.3. The van der Waals surface area contributed by atoms with Crippen LogP contribution in [0.4, 0.5) is 0 Å². The van der Waals surface area contributed by atoms with Crippen LogP contribution in [-0.4, -0.2) is 25.1 Å². The molecule has 7 heteroatoms. The molecule has 0 bridgehead atoms. The van der Waals surface area contributed by atoms with E-state index < -0.39 is 0 Å². The Morgan fingerprint density at radius 3 is 2.28 bits per heavy atom. The molecule has 0 saturated heterocycles. The Bertz CT molecular complexity index is 1590. The van der Waals surface area contributed by atoms with Crippen LogP contribution < -0.4 is 10.9 Å². The van der Waals surface area contributed by atoms with Gasteiger partial charge in [0.05, 0.1) is 13.0 Å². The molecule has 0 spiro atoms. The highest BCUT2D eigenvalue weighted by Gasteiger charge is 2.20. The number of aromatic nitrogens is 4. The molecule has 0 aliphatic heterocycles. The van der Waals surface area contributed by atoms with E-state index in [0.29, 0.717) is 35.9 Å². The number of nitrogens with one attached hydrogen (secondary N) is 1. The van der Waals surface area contributed by atoms with E-state index in [2.05, 4.69) is 10.4 Å². The van der Waals surface area contributed by atoms with Gasteiger partial charge in [-0.05, 0) is 30.5 Å². The van der Waals surface area contributed by atoms with Gasteiger partial charge < -0.3 is 9.88 Å². The number of hydrogen-bond acceptors (Lipinski definition) is 4. The second kappa shape index (κ2) is 10.00. The molecule has 5 rings (SSSR count). The van der Waals surface area contributed by atoms with Gasteiger partial charge in [0.25, 0.3) is 5.56 Å². The molecule has 2 heterocycles. The summed E-state index contributed by atoms with van der Waals surface area (Å²) in [4.78, 5) is 31.2. The maximum Gasteiger partial charge on any atom is 0.279 e. The van der Waals surface area contributed by atoms with Crippen molar-refractivity contribution in [1.82, 2.24) is 24.5 Å². The van der Waals surface area contributed by atoms with Crippen molar-refractivity contribution >= 4 is 11.7 Å². The summed E-state index contributed by atoms with van der Waals surface area (Å²) in [5.74, 6) is 0.701. The fourth-order valence-corrected chi connectivity index (χ4v) is 4.30. The minimum absolute atomic E-state index is 0.0399. The molecule has 7 nitrogen and oxygen atoms in total. The number of carbonyl (C=O) groups excluding carboxylic acids is 1. The van der Waals surface area contributed by atoms with Crippen molar-refractivity contribution in [2.45, 2.75) is 33.4 Å². The highest BCUT2D eigenvalue weighted by molar-refractivity contribution is 5.78. The van der Waals surface area contributed by atoms with Gasteiger partial charge in [0, 0.05) is 23.4 Å². The molecule has 36 heavy (non-hydrogen) atoms. The number of carbonyl (C=O) groups is 1. The molecule has 0 saturated carbocycles. The van der Waals surface area contributed by atoms with Crippen LogP contribution in [0.1, 0.15) is 27.9 Å². The SMILES string of the molecule is Cc1ccccc1CNC(=O)Cc1c(C)n(Cc2ccccc2)c2nc(-c3ccccc3)nn2c1=O. The standard InChI is InChI=1S/C29H27N5O2/c1-20-11-9-10-16-24(20)18-30-26(35)17-25-21(2)33(19-22-12-5-3-6-13-22)29-31-27(32-34(29)28(25)36)23-14-7-4-8-15-23/h3-16H,17-19H2,1-2H3,(H,30,35). The molecular formula is C29H27N5O2. The van der Waals surface area contributed by atoms with E-state index in [1.165, 1.54) is 4.52 Å². The molecule has 1 amide bonds.